The lowest BCUT2D eigenvalue weighted by molar-refractivity contribution is 0.786. The van der Waals surface area contributed by atoms with E-state index < -0.39 is 0 Å². The van der Waals surface area contributed by atoms with Crippen molar-refractivity contribution >= 4 is 30.6 Å². The van der Waals surface area contributed by atoms with Crippen molar-refractivity contribution in [3.63, 3.8) is 0 Å². The van der Waals surface area contributed by atoms with E-state index in [-0.39, 0.29) is 0 Å². The Bertz CT molecular complexity index is 827. The minimum Gasteiger partial charge on any atom is -0.366 e. The fourth-order valence-corrected chi connectivity index (χ4v) is 2.95. The van der Waals surface area contributed by atoms with Crippen LogP contribution in [0.2, 0.25) is 0 Å². The molecule has 4 heterocycles. The second kappa shape index (κ2) is 6.49. The molecule has 1 aliphatic rings. The molecule has 0 aliphatic carbocycles. The summed E-state index contributed by atoms with van der Waals surface area (Å²) >= 11 is 0. The molecule has 3 N–H and O–H groups in total. The van der Waals surface area contributed by atoms with E-state index in [1.165, 1.54) is 0 Å². The predicted octanol–water partition coefficient (Wildman–Crippen LogP) is -0.231. The molecule has 7 nitrogen and oxygen atoms in total. The molecule has 4 rings (SSSR count). The normalized spacial score (nSPS) is 17.2. The molecule has 0 spiro atoms. The second-order valence-corrected chi connectivity index (χ2v) is 6.14. The van der Waals surface area contributed by atoms with Crippen LogP contribution >= 0.6 is 0 Å². The van der Waals surface area contributed by atoms with Gasteiger partial charge in [-0.1, -0.05) is 6.07 Å². The molecule has 3 aromatic rings. The Morgan fingerprint density at radius 1 is 1.38 bits per heavy atom. The Labute approximate surface area is 141 Å². The summed E-state index contributed by atoms with van der Waals surface area (Å²) in [4.78, 5) is 8.88. The van der Waals surface area contributed by atoms with Crippen LogP contribution in [0, 0.1) is 0 Å². The zero-order valence-corrected chi connectivity index (χ0v) is 13.7. The van der Waals surface area contributed by atoms with Crippen LogP contribution in [-0.2, 0) is 6.54 Å². The summed E-state index contributed by atoms with van der Waals surface area (Å²) in [6.45, 7) is 2.72. The Morgan fingerprint density at radius 2 is 2.33 bits per heavy atom. The standard InChI is InChI=1S/C16H20BN7/c17-13-10-21-24-15(20-8-11-2-1-4-18-7-11)6-14(23-16(13)24)22-12-3-5-19-9-12/h1-2,4,6-7,10,12,19-20H,3,5,8-9,17H2,(H,22,23)/t12-/m1/s1. The van der Waals surface area contributed by atoms with Crippen LogP contribution in [-0.4, -0.2) is 46.6 Å². The number of hydrogen-bond donors (Lipinski definition) is 3. The van der Waals surface area contributed by atoms with Crippen LogP contribution in [0.15, 0.2) is 36.8 Å². The van der Waals surface area contributed by atoms with E-state index in [2.05, 4.69) is 32.1 Å². The first-order valence-corrected chi connectivity index (χ1v) is 8.25. The van der Waals surface area contributed by atoms with Crippen molar-refractivity contribution in [2.24, 2.45) is 0 Å². The van der Waals surface area contributed by atoms with E-state index in [1.807, 2.05) is 36.9 Å². The highest BCUT2D eigenvalue weighted by Gasteiger charge is 2.16. The minimum absolute atomic E-state index is 0.425. The summed E-state index contributed by atoms with van der Waals surface area (Å²) < 4.78 is 1.85. The number of nitrogens with zero attached hydrogens (tertiary/aromatic N) is 4. The molecule has 0 saturated carbocycles. The van der Waals surface area contributed by atoms with E-state index in [1.54, 1.807) is 6.20 Å². The van der Waals surface area contributed by atoms with Gasteiger partial charge in [-0.2, -0.15) is 9.61 Å². The van der Waals surface area contributed by atoms with Gasteiger partial charge in [0.15, 0.2) is 5.65 Å². The van der Waals surface area contributed by atoms with Crippen LogP contribution in [0.1, 0.15) is 12.0 Å². The number of anilines is 2. The molecule has 0 unspecified atom stereocenters. The maximum absolute atomic E-state index is 4.72. The van der Waals surface area contributed by atoms with Crippen LogP contribution in [0.5, 0.6) is 0 Å². The molecule has 1 atom stereocenters. The van der Waals surface area contributed by atoms with E-state index in [0.717, 1.165) is 47.8 Å². The highest BCUT2D eigenvalue weighted by molar-refractivity contribution is 6.36. The average molecular weight is 321 g/mol. The highest BCUT2D eigenvalue weighted by Crippen LogP contribution is 2.17. The highest BCUT2D eigenvalue weighted by atomic mass is 15.3. The van der Waals surface area contributed by atoms with Gasteiger partial charge in [-0.3, -0.25) is 4.98 Å². The number of pyridine rings is 1. The van der Waals surface area contributed by atoms with E-state index in [9.17, 15) is 0 Å². The first-order valence-electron chi connectivity index (χ1n) is 8.25. The van der Waals surface area contributed by atoms with Crippen molar-refractivity contribution in [2.45, 2.75) is 19.0 Å². The van der Waals surface area contributed by atoms with Gasteiger partial charge < -0.3 is 16.0 Å². The molecule has 8 heteroatoms. The fraction of sp³-hybridized carbons (Fsp3) is 0.312. The van der Waals surface area contributed by atoms with Gasteiger partial charge in [0.25, 0.3) is 0 Å². The first-order chi connectivity index (χ1) is 11.8. The summed E-state index contributed by atoms with van der Waals surface area (Å²) in [6, 6.07) is 6.44. The van der Waals surface area contributed by atoms with E-state index >= 15 is 0 Å². The number of rotatable bonds is 5. The monoisotopic (exact) mass is 321 g/mol. The smallest absolute Gasteiger partial charge is 0.153 e. The van der Waals surface area contributed by atoms with Crippen LogP contribution in [0.3, 0.4) is 0 Å². The Kier molecular flexibility index (Phi) is 4.04. The third-order valence-electron chi connectivity index (χ3n) is 4.26. The van der Waals surface area contributed by atoms with Gasteiger partial charge in [-0.05, 0) is 30.1 Å². The van der Waals surface area contributed by atoms with Crippen LogP contribution in [0.4, 0.5) is 11.6 Å². The SMILES string of the molecule is Bc1cnn2c(NCc3cccnc3)cc(N[C@@H]3CCNC3)nc12. The maximum Gasteiger partial charge on any atom is 0.153 e. The van der Waals surface area contributed by atoms with E-state index in [4.69, 9.17) is 4.98 Å². The predicted molar refractivity (Wildman–Crippen MR) is 97.6 cm³/mol. The van der Waals surface area contributed by atoms with Gasteiger partial charge in [0.1, 0.15) is 19.5 Å². The number of hydrogen-bond acceptors (Lipinski definition) is 6. The molecule has 3 aromatic heterocycles. The molecular weight excluding hydrogens is 301 g/mol. The van der Waals surface area contributed by atoms with Crippen molar-refractivity contribution in [2.75, 3.05) is 23.7 Å². The van der Waals surface area contributed by atoms with Crippen LogP contribution in [0.25, 0.3) is 5.65 Å². The molecule has 0 aromatic carbocycles. The molecule has 122 valence electrons. The number of fused-ring (bicyclic) bond motifs is 1. The second-order valence-electron chi connectivity index (χ2n) is 6.14. The Hall–Kier alpha value is -2.61. The van der Waals surface area contributed by atoms with Gasteiger partial charge in [-0.25, -0.2) is 4.98 Å². The van der Waals surface area contributed by atoms with Gasteiger partial charge in [0, 0.05) is 43.8 Å². The lowest BCUT2D eigenvalue weighted by atomic mass is 10.0. The van der Waals surface area contributed by atoms with Crippen molar-refractivity contribution in [3.05, 3.63) is 42.4 Å². The average Bonchev–Trinajstić information content (AvgIpc) is 3.24. The Morgan fingerprint density at radius 3 is 3.12 bits per heavy atom. The van der Waals surface area contributed by atoms with Gasteiger partial charge in [0.2, 0.25) is 0 Å². The molecule has 0 bridgehead atoms. The number of aromatic nitrogens is 4. The molecular formula is C16H20BN7. The summed E-state index contributed by atoms with van der Waals surface area (Å²) in [6.07, 6.45) is 6.60. The Balaban J connectivity index is 1.62. The van der Waals surface area contributed by atoms with Gasteiger partial charge in [-0.15, -0.1) is 0 Å². The largest absolute Gasteiger partial charge is 0.366 e. The first kappa shape index (κ1) is 15.0. The van der Waals surface area contributed by atoms with Gasteiger partial charge in [0.05, 0.1) is 0 Å². The summed E-state index contributed by atoms with van der Waals surface area (Å²) in [7, 11) is 2.03. The van der Waals surface area contributed by atoms with Crippen LogP contribution < -0.4 is 21.4 Å². The zero-order valence-electron chi connectivity index (χ0n) is 13.7. The topological polar surface area (TPSA) is 79.2 Å². The molecule has 0 amide bonds. The van der Waals surface area contributed by atoms with Crippen molar-refractivity contribution in [1.82, 2.24) is 24.9 Å². The van der Waals surface area contributed by atoms with Crippen molar-refractivity contribution in [1.29, 1.82) is 0 Å². The fourth-order valence-electron chi connectivity index (χ4n) is 2.95. The summed E-state index contributed by atoms with van der Waals surface area (Å²) in [5.74, 6) is 1.80. The molecule has 1 saturated heterocycles. The maximum atomic E-state index is 4.72. The van der Waals surface area contributed by atoms with Gasteiger partial charge >= 0.3 is 0 Å². The summed E-state index contributed by atoms with van der Waals surface area (Å²) in [5, 5.41) is 14.8. The zero-order chi connectivity index (χ0) is 16.4. The number of nitrogens with one attached hydrogen (secondary N) is 3. The molecule has 1 fully saturated rings. The van der Waals surface area contributed by atoms with Crippen molar-refractivity contribution < 1.29 is 0 Å². The lowest BCUT2D eigenvalue weighted by Crippen LogP contribution is -2.23. The lowest BCUT2D eigenvalue weighted by Gasteiger charge is -2.15. The third kappa shape index (κ3) is 3.05. The molecule has 24 heavy (non-hydrogen) atoms. The van der Waals surface area contributed by atoms with Crippen molar-refractivity contribution in [3.8, 4) is 0 Å². The summed E-state index contributed by atoms with van der Waals surface area (Å²) in [5.41, 5.74) is 3.06. The quantitative estimate of drug-likeness (QED) is 0.564. The molecule has 1 aliphatic heterocycles. The third-order valence-corrected chi connectivity index (χ3v) is 4.26. The molecule has 0 radical (unpaired) electrons. The van der Waals surface area contributed by atoms with E-state index in [0.29, 0.717) is 12.6 Å². The minimum atomic E-state index is 0.425.